The van der Waals surface area contributed by atoms with Gasteiger partial charge in [-0.05, 0) is 142 Å². The van der Waals surface area contributed by atoms with Gasteiger partial charge in [0.15, 0.2) is 0 Å². The Morgan fingerprint density at radius 1 is 0.408 bits per heavy atom. The molecule has 3 nitrogen and oxygen atoms in total. The first-order valence-electron chi connectivity index (χ1n) is 24.7. The van der Waals surface area contributed by atoms with Crippen LogP contribution < -0.4 is 0 Å². The summed E-state index contributed by atoms with van der Waals surface area (Å²) in [5, 5.41) is 10.8. The largest absolute Gasteiger partial charge is 0.254 e. The number of para-hydroxylation sites is 1. The van der Waals surface area contributed by atoms with E-state index in [4.69, 9.17) is 15.0 Å². The zero-order valence-corrected chi connectivity index (χ0v) is 38.7. The van der Waals surface area contributed by atoms with E-state index in [9.17, 15) is 0 Å². The average Bonchev–Trinajstić information content (AvgIpc) is 3.74. The van der Waals surface area contributed by atoms with E-state index < -0.39 is 5.41 Å². The molecule has 0 bridgehead atoms. The van der Waals surface area contributed by atoms with Crippen LogP contribution in [0.1, 0.15) is 39.3 Å². The van der Waals surface area contributed by atoms with Gasteiger partial charge in [-0.15, -0.1) is 0 Å². The van der Waals surface area contributed by atoms with Crippen LogP contribution in [0, 0.1) is 0 Å². The Bertz CT molecular complexity index is 4320. The summed E-state index contributed by atoms with van der Waals surface area (Å²) in [5.74, 6) is 0.185. The third-order valence-electron chi connectivity index (χ3n) is 15.8. The Labute approximate surface area is 411 Å². The molecular formula is C68H43N3. The van der Waals surface area contributed by atoms with E-state index in [1.807, 2.05) is 24.5 Å². The molecule has 3 heterocycles. The van der Waals surface area contributed by atoms with Gasteiger partial charge in [0.05, 0.1) is 27.7 Å². The van der Waals surface area contributed by atoms with Crippen molar-refractivity contribution in [1.82, 2.24) is 15.0 Å². The van der Waals surface area contributed by atoms with Crippen molar-refractivity contribution in [3.63, 3.8) is 0 Å². The molecule has 13 aromatic rings. The minimum Gasteiger partial charge on any atom is -0.254 e. The summed E-state index contributed by atoms with van der Waals surface area (Å²) in [6.45, 7) is 0. The lowest BCUT2D eigenvalue weighted by Crippen LogP contribution is -2.30. The van der Waals surface area contributed by atoms with E-state index in [0.717, 1.165) is 50.6 Å². The summed E-state index contributed by atoms with van der Waals surface area (Å²) >= 11 is 0. The van der Waals surface area contributed by atoms with Crippen LogP contribution in [0.3, 0.4) is 0 Å². The Kier molecular flexibility index (Phi) is 8.70. The molecule has 3 heteroatoms. The van der Waals surface area contributed by atoms with Crippen molar-refractivity contribution >= 4 is 71.1 Å². The second-order valence-corrected chi connectivity index (χ2v) is 19.3. The normalized spacial score (nSPS) is 14.8. The first-order valence-corrected chi connectivity index (χ1v) is 24.7. The molecule has 1 unspecified atom stereocenters. The number of fused-ring (bicyclic) bond motifs is 15. The summed E-state index contributed by atoms with van der Waals surface area (Å²) < 4.78 is 0. The van der Waals surface area contributed by atoms with E-state index in [1.54, 1.807) is 0 Å². The van der Waals surface area contributed by atoms with E-state index in [-0.39, 0.29) is 5.92 Å². The molecular weight excluding hydrogens is 859 g/mol. The maximum absolute atomic E-state index is 5.57. The van der Waals surface area contributed by atoms with Crippen molar-refractivity contribution < 1.29 is 0 Å². The lowest BCUT2D eigenvalue weighted by molar-refractivity contribution is 0.692. The van der Waals surface area contributed by atoms with E-state index in [2.05, 4.69) is 218 Å². The van der Waals surface area contributed by atoms with Crippen LogP contribution in [-0.4, -0.2) is 15.0 Å². The number of pyridine rings is 3. The Morgan fingerprint density at radius 3 is 1.77 bits per heavy atom. The molecule has 10 aromatic carbocycles. The van der Waals surface area contributed by atoms with Gasteiger partial charge in [0.2, 0.25) is 0 Å². The topological polar surface area (TPSA) is 38.7 Å². The predicted molar refractivity (Wildman–Crippen MR) is 295 cm³/mol. The van der Waals surface area contributed by atoms with Gasteiger partial charge >= 0.3 is 0 Å². The van der Waals surface area contributed by atoms with Crippen LogP contribution >= 0.6 is 0 Å². The highest BCUT2D eigenvalue weighted by molar-refractivity contribution is 6.26. The minimum atomic E-state index is -0.429. The summed E-state index contributed by atoms with van der Waals surface area (Å²) in [6, 6.07) is 82.8. The van der Waals surface area contributed by atoms with Gasteiger partial charge in [-0.1, -0.05) is 188 Å². The number of aromatic nitrogens is 3. The second kappa shape index (κ2) is 15.5. The number of hydrogen-bond donors (Lipinski definition) is 0. The highest BCUT2D eigenvalue weighted by Gasteiger charge is 2.51. The molecule has 330 valence electrons. The molecule has 0 radical (unpaired) electrons. The van der Waals surface area contributed by atoms with Gasteiger partial charge < -0.3 is 0 Å². The van der Waals surface area contributed by atoms with E-state index >= 15 is 0 Å². The molecule has 0 aliphatic heterocycles. The Hall–Kier alpha value is -9.05. The molecule has 0 amide bonds. The van der Waals surface area contributed by atoms with Crippen molar-refractivity contribution in [2.75, 3.05) is 0 Å². The molecule has 2 aliphatic carbocycles. The van der Waals surface area contributed by atoms with Gasteiger partial charge in [0.1, 0.15) is 0 Å². The molecule has 2 aliphatic rings. The van der Waals surface area contributed by atoms with Gasteiger partial charge in [0.25, 0.3) is 0 Å². The highest BCUT2D eigenvalue weighted by Crippen LogP contribution is 2.61. The summed E-state index contributed by atoms with van der Waals surface area (Å²) in [7, 11) is 0. The van der Waals surface area contributed by atoms with Gasteiger partial charge in [-0.3, -0.25) is 9.97 Å². The highest BCUT2D eigenvalue weighted by atomic mass is 14.7. The van der Waals surface area contributed by atoms with Crippen molar-refractivity contribution in [2.45, 2.75) is 17.8 Å². The first-order chi connectivity index (χ1) is 35.2. The van der Waals surface area contributed by atoms with E-state index in [0.29, 0.717) is 0 Å². The summed E-state index contributed by atoms with van der Waals surface area (Å²) in [5.41, 5.74) is 18.7. The number of nitrogens with zero attached hydrogens (tertiary/aromatic N) is 3. The van der Waals surface area contributed by atoms with Crippen LogP contribution in [0.5, 0.6) is 0 Å². The zero-order valence-electron chi connectivity index (χ0n) is 38.7. The molecule has 15 rings (SSSR count). The third kappa shape index (κ3) is 5.87. The fourth-order valence-electron chi connectivity index (χ4n) is 12.8. The standard InChI is InChI=1S/C68H43N3/c1-3-19-47(20-4-1)68(48-21-5-2-6-22-48)62-28-11-9-25-53(62)60-40-61-59(41-63(60)68)54-26-10-12-29-64(54)71-65(61)45-17-13-16-42(36-45)43-30-32-51-52-33-31-44(38-58(52)50-24-8-7-23-49(50)57(51)37-43)56-39-46-18-14-34-69-66(46)67-55(56)27-15-35-70-67/h1-39,41,60H,40H2. The molecule has 71 heavy (non-hydrogen) atoms. The quantitative estimate of drug-likeness (QED) is 0.162. The van der Waals surface area contributed by atoms with Crippen LogP contribution in [0.25, 0.3) is 105 Å². The van der Waals surface area contributed by atoms with Gasteiger partial charge in [-0.2, -0.15) is 0 Å². The SMILES string of the molecule is C1=C2C(Cc3c(-c4cccc(-c5ccc6c7ccc(-c8cc9cccnc9c9ncccc89)cc7c7ccccc7c6c5)c4)nc4ccccc4c31)c1ccccc1C2(c1ccccc1)c1ccccc1. The maximum Gasteiger partial charge on any atom is 0.0970 e. The Morgan fingerprint density at radius 2 is 1.00 bits per heavy atom. The molecule has 0 fully saturated rings. The van der Waals surface area contributed by atoms with Crippen LogP contribution in [0.15, 0.2) is 242 Å². The lowest BCUT2D eigenvalue weighted by Gasteiger charge is -2.37. The predicted octanol–water partition coefficient (Wildman–Crippen LogP) is 16.9. The van der Waals surface area contributed by atoms with Crippen LogP contribution in [0.2, 0.25) is 0 Å². The van der Waals surface area contributed by atoms with Crippen molar-refractivity contribution in [1.29, 1.82) is 0 Å². The fraction of sp³-hybridized carbons (Fsp3) is 0.0441. The fourth-order valence-corrected chi connectivity index (χ4v) is 12.8. The minimum absolute atomic E-state index is 0.185. The van der Waals surface area contributed by atoms with Gasteiger partial charge in [-0.25, -0.2) is 4.98 Å². The van der Waals surface area contributed by atoms with Crippen molar-refractivity contribution in [3.8, 4) is 33.5 Å². The molecule has 0 saturated carbocycles. The second-order valence-electron chi connectivity index (χ2n) is 19.3. The van der Waals surface area contributed by atoms with Gasteiger partial charge in [0, 0.05) is 40.0 Å². The zero-order chi connectivity index (χ0) is 46.6. The molecule has 1 atom stereocenters. The summed E-state index contributed by atoms with van der Waals surface area (Å²) in [4.78, 5) is 15.1. The monoisotopic (exact) mass is 901 g/mol. The molecule has 0 spiro atoms. The smallest absolute Gasteiger partial charge is 0.0970 e. The number of allylic oxidation sites excluding steroid dienone is 1. The number of rotatable bonds is 5. The Balaban J connectivity index is 0.887. The van der Waals surface area contributed by atoms with Crippen LogP contribution in [-0.2, 0) is 11.8 Å². The average molecular weight is 902 g/mol. The van der Waals surface area contributed by atoms with E-state index in [1.165, 1.54) is 93.3 Å². The van der Waals surface area contributed by atoms with Crippen LogP contribution in [0.4, 0.5) is 0 Å². The molecule has 0 N–H and O–H groups in total. The number of hydrogen-bond acceptors (Lipinski definition) is 3. The molecule has 3 aromatic heterocycles. The molecule has 0 saturated heterocycles. The maximum atomic E-state index is 5.57. The summed E-state index contributed by atoms with van der Waals surface area (Å²) in [6.07, 6.45) is 7.13. The van der Waals surface area contributed by atoms with Crippen molar-refractivity contribution in [2.24, 2.45) is 0 Å². The van der Waals surface area contributed by atoms with Crippen molar-refractivity contribution in [3.05, 3.63) is 276 Å². The first kappa shape index (κ1) is 39.9. The third-order valence-corrected chi connectivity index (χ3v) is 15.8. The lowest BCUT2D eigenvalue weighted by atomic mass is 9.65. The number of benzene rings is 10.